The quantitative estimate of drug-likeness (QED) is 0.319. The monoisotopic (exact) mass is 366 g/mol. The second-order valence-electron chi connectivity index (χ2n) is 7.79. The van der Waals surface area contributed by atoms with Gasteiger partial charge in [-0.25, -0.2) is 0 Å². The van der Waals surface area contributed by atoms with Crippen molar-refractivity contribution in [1.82, 2.24) is 4.90 Å². The fraction of sp³-hybridized carbons (Fsp3) is 0.909. The van der Waals surface area contributed by atoms with E-state index in [2.05, 4.69) is 23.7 Å². The highest BCUT2D eigenvalue weighted by atomic mass is 16.4. The lowest BCUT2D eigenvalue weighted by atomic mass is 10.0. The molecule has 1 unspecified atom stereocenters. The Bertz CT molecular complexity index is 396. The summed E-state index contributed by atoms with van der Waals surface area (Å²) in [5.74, 6) is 0.457. The minimum atomic E-state index is -0.700. The number of carboxylic acids is 1. The first kappa shape index (κ1) is 23.0. The molecule has 1 aliphatic rings. The Labute approximate surface area is 161 Å². The van der Waals surface area contributed by atoms with Gasteiger partial charge in [0.15, 0.2) is 0 Å². The average molecular weight is 367 g/mol. The van der Waals surface area contributed by atoms with Crippen molar-refractivity contribution >= 4 is 11.8 Å². The molecule has 0 amide bonds. The Balaban J connectivity index is 2.02. The molecule has 1 atom stereocenters. The highest BCUT2D eigenvalue weighted by Gasteiger charge is 2.25. The standard InChI is InChI=1S/C22H42N2O2/c1-3-5-6-7-8-9-10-11-12-13-14-15-16-21-23-17-18-24(21)20(4-2)19-22(25)26/h20H,3-19H2,1-2H3,(H,25,26). The van der Waals surface area contributed by atoms with Crippen LogP contribution in [0.25, 0.3) is 0 Å². The summed E-state index contributed by atoms with van der Waals surface area (Å²) >= 11 is 0. The van der Waals surface area contributed by atoms with Crippen molar-refractivity contribution in [3.8, 4) is 0 Å². The molecule has 4 heteroatoms. The predicted octanol–water partition coefficient (Wildman–Crippen LogP) is 6.05. The van der Waals surface area contributed by atoms with Gasteiger partial charge in [0.25, 0.3) is 0 Å². The van der Waals surface area contributed by atoms with E-state index in [0.29, 0.717) is 0 Å². The number of carboxylic acid groups (broad SMARTS) is 1. The van der Waals surface area contributed by atoms with E-state index in [1.54, 1.807) is 0 Å². The third kappa shape index (κ3) is 10.2. The zero-order valence-corrected chi connectivity index (χ0v) is 17.3. The molecule has 0 saturated carbocycles. The predicted molar refractivity (Wildman–Crippen MR) is 111 cm³/mol. The lowest BCUT2D eigenvalue weighted by Gasteiger charge is -2.29. The third-order valence-electron chi connectivity index (χ3n) is 5.54. The molecular weight excluding hydrogens is 324 g/mol. The van der Waals surface area contributed by atoms with Gasteiger partial charge in [0.2, 0.25) is 0 Å². The first-order valence-electron chi connectivity index (χ1n) is 11.2. The Morgan fingerprint density at radius 1 is 0.962 bits per heavy atom. The molecular formula is C22H42N2O2. The number of carbonyl (C=O) groups is 1. The molecule has 4 nitrogen and oxygen atoms in total. The van der Waals surface area contributed by atoms with Crippen LogP contribution in [0.5, 0.6) is 0 Å². The maximum atomic E-state index is 11.0. The minimum Gasteiger partial charge on any atom is -0.481 e. The van der Waals surface area contributed by atoms with E-state index in [1.165, 1.54) is 77.0 Å². The molecule has 0 fully saturated rings. The number of unbranched alkanes of at least 4 members (excludes halogenated alkanes) is 11. The molecule has 0 spiro atoms. The molecule has 26 heavy (non-hydrogen) atoms. The lowest BCUT2D eigenvalue weighted by molar-refractivity contribution is -0.138. The van der Waals surface area contributed by atoms with E-state index < -0.39 is 5.97 Å². The number of rotatable bonds is 17. The van der Waals surface area contributed by atoms with Crippen LogP contribution >= 0.6 is 0 Å². The van der Waals surface area contributed by atoms with Crippen LogP contribution in [0.2, 0.25) is 0 Å². The molecule has 0 aromatic heterocycles. The lowest BCUT2D eigenvalue weighted by Crippen LogP contribution is -2.39. The zero-order chi connectivity index (χ0) is 19.0. The number of amidine groups is 1. The summed E-state index contributed by atoms with van der Waals surface area (Å²) < 4.78 is 0. The normalized spacial score (nSPS) is 15.3. The van der Waals surface area contributed by atoms with Gasteiger partial charge in [-0.15, -0.1) is 0 Å². The number of aliphatic carboxylic acids is 1. The van der Waals surface area contributed by atoms with Crippen LogP contribution in [-0.4, -0.2) is 40.9 Å². The Morgan fingerprint density at radius 3 is 2.00 bits per heavy atom. The van der Waals surface area contributed by atoms with Gasteiger partial charge in [0, 0.05) is 19.0 Å². The Hall–Kier alpha value is -1.06. The highest BCUT2D eigenvalue weighted by Crippen LogP contribution is 2.18. The second kappa shape index (κ2) is 15.0. The Kier molecular flexibility index (Phi) is 13.3. The molecule has 0 aromatic rings. The van der Waals surface area contributed by atoms with Crippen LogP contribution in [0, 0.1) is 0 Å². The van der Waals surface area contributed by atoms with Crippen molar-refractivity contribution < 1.29 is 9.90 Å². The van der Waals surface area contributed by atoms with Crippen LogP contribution in [0.15, 0.2) is 4.99 Å². The van der Waals surface area contributed by atoms with E-state index in [-0.39, 0.29) is 12.5 Å². The molecule has 0 aliphatic carbocycles. The van der Waals surface area contributed by atoms with Crippen LogP contribution in [0.3, 0.4) is 0 Å². The van der Waals surface area contributed by atoms with Crippen LogP contribution in [-0.2, 0) is 4.79 Å². The third-order valence-corrected chi connectivity index (χ3v) is 5.54. The summed E-state index contributed by atoms with van der Waals surface area (Å²) in [6, 6.07) is 0.117. The SMILES string of the molecule is CCCCCCCCCCCCCCC1=NCCN1C(CC)CC(=O)O. The number of nitrogens with zero attached hydrogens (tertiary/aromatic N) is 2. The van der Waals surface area contributed by atoms with E-state index >= 15 is 0 Å². The number of aliphatic imine (C=N–C) groups is 1. The largest absolute Gasteiger partial charge is 0.481 e. The van der Waals surface area contributed by atoms with Crippen molar-refractivity contribution in [2.75, 3.05) is 13.1 Å². The molecule has 0 bridgehead atoms. The van der Waals surface area contributed by atoms with Gasteiger partial charge in [0.05, 0.1) is 18.8 Å². The highest BCUT2D eigenvalue weighted by molar-refractivity contribution is 5.84. The molecule has 0 radical (unpaired) electrons. The molecule has 1 rings (SSSR count). The van der Waals surface area contributed by atoms with Crippen molar-refractivity contribution in [2.45, 2.75) is 116 Å². The van der Waals surface area contributed by atoms with E-state index in [9.17, 15) is 4.79 Å². The van der Waals surface area contributed by atoms with E-state index in [1.807, 2.05) is 0 Å². The number of hydrogen-bond donors (Lipinski definition) is 1. The summed E-state index contributed by atoms with van der Waals surface area (Å²) in [5, 5.41) is 9.08. The van der Waals surface area contributed by atoms with E-state index in [4.69, 9.17) is 5.11 Å². The summed E-state index contributed by atoms with van der Waals surface area (Å²) in [4.78, 5) is 17.9. The van der Waals surface area contributed by atoms with Gasteiger partial charge in [0.1, 0.15) is 0 Å². The van der Waals surface area contributed by atoms with Gasteiger partial charge in [-0.1, -0.05) is 84.5 Å². The molecule has 1 N–H and O–H groups in total. The van der Waals surface area contributed by atoms with E-state index in [0.717, 1.165) is 31.8 Å². The van der Waals surface area contributed by atoms with Gasteiger partial charge in [-0.05, 0) is 12.8 Å². The van der Waals surface area contributed by atoms with Crippen molar-refractivity contribution in [3.63, 3.8) is 0 Å². The van der Waals surface area contributed by atoms with Crippen LogP contribution in [0.1, 0.15) is 110 Å². The first-order chi connectivity index (χ1) is 12.7. The Morgan fingerprint density at radius 2 is 1.50 bits per heavy atom. The topological polar surface area (TPSA) is 52.9 Å². The van der Waals surface area contributed by atoms with Crippen LogP contribution < -0.4 is 0 Å². The van der Waals surface area contributed by atoms with Gasteiger partial charge >= 0.3 is 5.97 Å². The summed E-state index contributed by atoms with van der Waals surface area (Å²) in [6.45, 7) is 6.09. The average Bonchev–Trinajstić information content (AvgIpc) is 3.08. The molecule has 152 valence electrons. The van der Waals surface area contributed by atoms with Gasteiger partial charge in [-0.3, -0.25) is 9.79 Å². The molecule has 1 aliphatic heterocycles. The fourth-order valence-electron chi connectivity index (χ4n) is 3.92. The van der Waals surface area contributed by atoms with Crippen molar-refractivity contribution in [3.05, 3.63) is 0 Å². The number of hydrogen-bond acceptors (Lipinski definition) is 3. The molecule has 1 heterocycles. The summed E-state index contributed by atoms with van der Waals surface area (Å²) in [6.07, 6.45) is 18.5. The van der Waals surface area contributed by atoms with Crippen molar-refractivity contribution in [2.24, 2.45) is 4.99 Å². The molecule has 0 saturated heterocycles. The maximum Gasteiger partial charge on any atom is 0.305 e. The second-order valence-corrected chi connectivity index (χ2v) is 7.79. The van der Waals surface area contributed by atoms with Crippen LogP contribution in [0.4, 0.5) is 0 Å². The molecule has 0 aromatic carbocycles. The van der Waals surface area contributed by atoms with Gasteiger partial charge in [-0.2, -0.15) is 0 Å². The first-order valence-corrected chi connectivity index (χ1v) is 11.2. The summed E-state index contributed by atoms with van der Waals surface area (Å²) in [5.41, 5.74) is 0. The fourth-order valence-corrected chi connectivity index (χ4v) is 3.92. The van der Waals surface area contributed by atoms with Crippen molar-refractivity contribution in [1.29, 1.82) is 0 Å². The zero-order valence-electron chi connectivity index (χ0n) is 17.3. The summed E-state index contributed by atoms with van der Waals surface area (Å²) in [7, 11) is 0. The maximum absolute atomic E-state index is 11.0. The van der Waals surface area contributed by atoms with Gasteiger partial charge < -0.3 is 10.0 Å². The smallest absolute Gasteiger partial charge is 0.305 e. The minimum absolute atomic E-state index is 0.117.